The van der Waals surface area contributed by atoms with Crippen LogP contribution in [0.1, 0.15) is 12.0 Å². The molecule has 0 aliphatic carbocycles. The zero-order valence-corrected chi connectivity index (χ0v) is 11.2. The molecule has 1 unspecified atom stereocenters. The molecule has 1 heterocycles. The van der Waals surface area contributed by atoms with Gasteiger partial charge >= 0.3 is 0 Å². The minimum Gasteiger partial charge on any atom is -0.399 e. The summed E-state index contributed by atoms with van der Waals surface area (Å²) in [6.45, 7) is 3.51. The number of ether oxygens (including phenoxy) is 1. The Balaban J connectivity index is 2.12. The number of nitrogens with one attached hydrogen (secondary N) is 1. The molecule has 0 radical (unpaired) electrons. The third-order valence-electron chi connectivity index (χ3n) is 3.09. The highest BCUT2D eigenvalue weighted by molar-refractivity contribution is 7.89. The van der Waals surface area contributed by atoms with Crippen LogP contribution in [0, 0.1) is 12.8 Å². The highest BCUT2D eigenvalue weighted by Crippen LogP contribution is 2.19. The van der Waals surface area contributed by atoms with Crippen LogP contribution in [0.2, 0.25) is 0 Å². The SMILES string of the molecule is Cc1ccc(N)cc1S(=O)(=O)NCC1CCOC1. The van der Waals surface area contributed by atoms with Crippen molar-refractivity contribution in [2.24, 2.45) is 5.92 Å². The smallest absolute Gasteiger partial charge is 0.240 e. The van der Waals surface area contributed by atoms with Gasteiger partial charge in [0.2, 0.25) is 10.0 Å². The van der Waals surface area contributed by atoms with Crippen molar-refractivity contribution >= 4 is 15.7 Å². The van der Waals surface area contributed by atoms with Crippen LogP contribution in [0.15, 0.2) is 23.1 Å². The van der Waals surface area contributed by atoms with Crippen LogP contribution < -0.4 is 10.5 Å². The molecular formula is C12H18N2O3S. The summed E-state index contributed by atoms with van der Waals surface area (Å²) >= 11 is 0. The van der Waals surface area contributed by atoms with E-state index in [0.717, 1.165) is 6.42 Å². The van der Waals surface area contributed by atoms with E-state index >= 15 is 0 Å². The summed E-state index contributed by atoms with van der Waals surface area (Å²) in [5, 5.41) is 0. The Kier molecular flexibility index (Phi) is 3.89. The molecule has 1 fully saturated rings. The predicted molar refractivity (Wildman–Crippen MR) is 69.7 cm³/mol. The van der Waals surface area contributed by atoms with Gasteiger partial charge in [0.05, 0.1) is 11.5 Å². The quantitative estimate of drug-likeness (QED) is 0.796. The molecule has 0 aromatic heterocycles. The molecule has 5 nitrogen and oxygen atoms in total. The Labute approximate surface area is 107 Å². The zero-order valence-electron chi connectivity index (χ0n) is 10.3. The van der Waals surface area contributed by atoms with Crippen LogP contribution in [0.25, 0.3) is 0 Å². The van der Waals surface area contributed by atoms with Crippen molar-refractivity contribution in [2.75, 3.05) is 25.5 Å². The first-order valence-electron chi connectivity index (χ1n) is 5.92. The molecular weight excluding hydrogens is 252 g/mol. The van der Waals surface area contributed by atoms with Gasteiger partial charge < -0.3 is 10.5 Å². The molecule has 1 aliphatic rings. The molecule has 18 heavy (non-hydrogen) atoms. The van der Waals surface area contributed by atoms with Gasteiger partial charge in [-0.15, -0.1) is 0 Å². The van der Waals surface area contributed by atoms with Crippen molar-refractivity contribution in [1.29, 1.82) is 0 Å². The number of nitrogen functional groups attached to an aromatic ring is 1. The van der Waals surface area contributed by atoms with E-state index in [-0.39, 0.29) is 10.8 Å². The lowest BCUT2D eigenvalue weighted by Gasteiger charge is -2.12. The second kappa shape index (κ2) is 5.26. The lowest BCUT2D eigenvalue weighted by molar-refractivity contribution is 0.186. The topological polar surface area (TPSA) is 81.4 Å². The lowest BCUT2D eigenvalue weighted by Crippen LogP contribution is -2.30. The van der Waals surface area contributed by atoms with Crippen LogP contribution >= 0.6 is 0 Å². The summed E-state index contributed by atoms with van der Waals surface area (Å²) in [7, 11) is -3.49. The van der Waals surface area contributed by atoms with Gasteiger partial charge in [-0.25, -0.2) is 13.1 Å². The van der Waals surface area contributed by atoms with Gasteiger partial charge in [-0.2, -0.15) is 0 Å². The fraction of sp³-hybridized carbons (Fsp3) is 0.500. The summed E-state index contributed by atoms with van der Waals surface area (Å²) in [4.78, 5) is 0.251. The number of sulfonamides is 1. The molecule has 1 aromatic carbocycles. The molecule has 1 aliphatic heterocycles. The number of anilines is 1. The van der Waals surface area contributed by atoms with E-state index in [0.29, 0.717) is 31.0 Å². The lowest BCUT2D eigenvalue weighted by atomic mass is 10.1. The minimum absolute atomic E-state index is 0.251. The van der Waals surface area contributed by atoms with Crippen LogP contribution in [0.5, 0.6) is 0 Å². The predicted octanol–water partition coefficient (Wildman–Crippen LogP) is 0.892. The maximum absolute atomic E-state index is 12.2. The molecule has 1 atom stereocenters. The zero-order chi connectivity index (χ0) is 13.2. The van der Waals surface area contributed by atoms with Gasteiger partial charge in [0.15, 0.2) is 0 Å². The molecule has 0 amide bonds. The van der Waals surface area contributed by atoms with Crippen LogP contribution in [0.4, 0.5) is 5.69 Å². The van der Waals surface area contributed by atoms with Gasteiger partial charge in [0, 0.05) is 18.8 Å². The molecule has 3 N–H and O–H groups in total. The number of rotatable bonds is 4. The van der Waals surface area contributed by atoms with E-state index in [1.165, 1.54) is 6.07 Å². The molecule has 0 saturated carbocycles. The maximum Gasteiger partial charge on any atom is 0.240 e. The number of benzene rings is 1. The van der Waals surface area contributed by atoms with Gasteiger partial charge in [0.1, 0.15) is 0 Å². The molecule has 1 saturated heterocycles. The largest absolute Gasteiger partial charge is 0.399 e. The van der Waals surface area contributed by atoms with E-state index in [2.05, 4.69) is 4.72 Å². The van der Waals surface area contributed by atoms with Crippen molar-refractivity contribution in [2.45, 2.75) is 18.2 Å². The van der Waals surface area contributed by atoms with Crippen molar-refractivity contribution in [3.8, 4) is 0 Å². The Bertz CT molecular complexity index is 522. The summed E-state index contributed by atoms with van der Waals surface area (Å²) in [6.07, 6.45) is 0.901. The second-order valence-electron chi connectivity index (χ2n) is 4.61. The summed E-state index contributed by atoms with van der Waals surface area (Å²) in [6, 6.07) is 4.89. The number of nitrogens with two attached hydrogens (primary N) is 1. The Morgan fingerprint density at radius 1 is 1.50 bits per heavy atom. The molecule has 0 spiro atoms. The van der Waals surface area contributed by atoms with E-state index in [9.17, 15) is 8.42 Å². The fourth-order valence-corrected chi connectivity index (χ4v) is 3.35. The monoisotopic (exact) mass is 270 g/mol. The van der Waals surface area contributed by atoms with Gasteiger partial charge in [-0.1, -0.05) is 6.07 Å². The first kappa shape index (κ1) is 13.3. The van der Waals surface area contributed by atoms with E-state index in [4.69, 9.17) is 10.5 Å². The van der Waals surface area contributed by atoms with Crippen molar-refractivity contribution in [3.05, 3.63) is 23.8 Å². The first-order valence-corrected chi connectivity index (χ1v) is 7.41. The van der Waals surface area contributed by atoms with Crippen molar-refractivity contribution in [3.63, 3.8) is 0 Å². The summed E-state index contributed by atoms with van der Waals surface area (Å²) < 4.78 is 32.1. The van der Waals surface area contributed by atoms with Crippen LogP contribution in [0.3, 0.4) is 0 Å². The Hall–Kier alpha value is -1.11. The summed E-state index contributed by atoms with van der Waals surface area (Å²) in [5.74, 6) is 0.265. The molecule has 0 bridgehead atoms. The Morgan fingerprint density at radius 2 is 2.28 bits per heavy atom. The minimum atomic E-state index is -3.49. The number of hydrogen-bond acceptors (Lipinski definition) is 4. The molecule has 6 heteroatoms. The third kappa shape index (κ3) is 3.01. The van der Waals surface area contributed by atoms with E-state index in [1.54, 1.807) is 19.1 Å². The average Bonchev–Trinajstić information content (AvgIpc) is 2.83. The maximum atomic E-state index is 12.2. The van der Waals surface area contributed by atoms with Crippen molar-refractivity contribution in [1.82, 2.24) is 4.72 Å². The highest BCUT2D eigenvalue weighted by atomic mass is 32.2. The molecule has 2 rings (SSSR count). The molecule has 1 aromatic rings. The van der Waals surface area contributed by atoms with Gasteiger partial charge in [0.25, 0.3) is 0 Å². The Morgan fingerprint density at radius 3 is 2.94 bits per heavy atom. The van der Waals surface area contributed by atoms with Gasteiger partial charge in [-0.3, -0.25) is 0 Å². The fourth-order valence-electron chi connectivity index (χ4n) is 1.96. The average molecular weight is 270 g/mol. The van der Waals surface area contributed by atoms with Gasteiger partial charge in [-0.05, 0) is 37.0 Å². The first-order chi connectivity index (χ1) is 8.49. The third-order valence-corrected chi connectivity index (χ3v) is 4.65. The van der Waals surface area contributed by atoms with Crippen molar-refractivity contribution < 1.29 is 13.2 Å². The number of aryl methyl sites for hydroxylation is 1. The second-order valence-corrected chi connectivity index (χ2v) is 6.34. The highest BCUT2D eigenvalue weighted by Gasteiger charge is 2.21. The standard InChI is InChI=1S/C12H18N2O3S/c1-9-2-3-11(13)6-12(9)18(15,16)14-7-10-4-5-17-8-10/h2-3,6,10,14H,4-5,7-8,13H2,1H3. The normalized spacial score (nSPS) is 20.2. The van der Waals surface area contributed by atoms with E-state index < -0.39 is 10.0 Å². The van der Waals surface area contributed by atoms with E-state index in [1.807, 2.05) is 0 Å². The summed E-state index contributed by atoms with van der Waals surface area (Å²) in [5.41, 5.74) is 6.77. The van der Waals surface area contributed by atoms with Crippen LogP contribution in [-0.4, -0.2) is 28.2 Å². The number of hydrogen-bond donors (Lipinski definition) is 2. The molecule has 100 valence electrons. The van der Waals surface area contributed by atoms with Crippen LogP contribution in [-0.2, 0) is 14.8 Å².